The van der Waals surface area contributed by atoms with Gasteiger partial charge < -0.3 is 19.5 Å². The van der Waals surface area contributed by atoms with Gasteiger partial charge in [-0.2, -0.15) is 0 Å². The van der Waals surface area contributed by atoms with Crippen LogP contribution in [0.15, 0.2) is 79.0 Å². The third-order valence-corrected chi connectivity index (χ3v) is 6.85. The van der Waals surface area contributed by atoms with E-state index in [-0.39, 0.29) is 17.8 Å². The molecule has 0 bridgehead atoms. The van der Waals surface area contributed by atoms with Crippen LogP contribution in [-0.2, 0) is 0 Å². The predicted molar refractivity (Wildman–Crippen MR) is 143 cm³/mol. The van der Waals surface area contributed by atoms with Crippen molar-refractivity contribution >= 4 is 28.7 Å². The minimum atomic E-state index is -0.423. The second-order valence-corrected chi connectivity index (χ2v) is 8.99. The molecule has 0 saturated carbocycles. The maximum absolute atomic E-state index is 11.3. The molecule has 8 nitrogen and oxygen atoms in total. The van der Waals surface area contributed by atoms with Gasteiger partial charge in [-0.1, -0.05) is 24.3 Å². The van der Waals surface area contributed by atoms with Crippen molar-refractivity contribution in [1.82, 2.24) is 14.9 Å². The molecule has 0 unspecified atom stereocenters. The number of nitro groups is 1. The molecule has 0 spiro atoms. The fraction of sp³-hybridized carbons (Fsp3) is 0.185. The number of pyridine rings is 1. The summed E-state index contributed by atoms with van der Waals surface area (Å²) in [6.07, 6.45) is 1.79. The normalized spacial score (nSPS) is 17.2. The van der Waals surface area contributed by atoms with Crippen LogP contribution in [0, 0.1) is 24.0 Å². The van der Waals surface area contributed by atoms with Crippen LogP contribution in [0.2, 0.25) is 0 Å². The smallest absolute Gasteiger partial charge is 0.273 e. The van der Waals surface area contributed by atoms with E-state index in [2.05, 4.69) is 25.8 Å². The van der Waals surface area contributed by atoms with Gasteiger partial charge >= 0.3 is 0 Å². The van der Waals surface area contributed by atoms with E-state index in [0.717, 1.165) is 34.0 Å². The number of hydrogen-bond donors (Lipinski definition) is 1. The highest BCUT2D eigenvalue weighted by Gasteiger charge is 2.42. The molecule has 0 amide bonds. The highest BCUT2D eigenvalue weighted by atomic mass is 32.1. The van der Waals surface area contributed by atoms with Gasteiger partial charge in [-0.25, -0.2) is 0 Å². The summed E-state index contributed by atoms with van der Waals surface area (Å²) in [5.74, 6) is 0.429. The molecule has 182 valence electrons. The summed E-state index contributed by atoms with van der Waals surface area (Å²) in [5.41, 5.74) is 5.61. The maximum Gasteiger partial charge on any atom is 0.273 e. The molecule has 1 aliphatic heterocycles. The molecule has 0 aliphatic carbocycles. The zero-order valence-corrected chi connectivity index (χ0v) is 20.9. The third kappa shape index (κ3) is 3.97. The number of benzene rings is 2. The molecule has 1 saturated heterocycles. The van der Waals surface area contributed by atoms with E-state index in [4.69, 9.17) is 17.0 Å². The Hall–Kier alpha value is -4.24. The Morgan fingerprint density at radius 1 is 1.06 bits per heavy atom. The summed E-state index contributed by atoms with van der Waals surface area (Å²) < 4.78 is 7.62. The summed E-state index contributed by atoms with van der Waals surface area (Å²) >= 11 is 5.83. The van der Waals surface area contributed by atoms with Gasteiger partial charge in [-0.05, 0) is 68.0 Å². The van der Waals surface area contributed by atoms with Crippen molar-refractivity contribution in [2.75, 3.05) is 12.0 Å². The standard InChI is InChI=1S/C27H25N5O3S/c1-17-15-21(18(2)30(17)23-13-12-20(32(33)34)16-24(23)35-3)26-25(22-11-7-8-14-28-22)29-27(36)31(26)19-9-5-4-6-10-19/h4-16,25-26H,1-3H3,(H,29,36)/t25-,26-/m0/s1. The van der Waals surface area contributed by atoms with Crippen LogP contribution in [0.3, 0.4) is 0 Å². The minimum absolute atomic E-state index is 0.0194. The van der Waals surface area contributed by atoms with E-state index < -0.39 is 4.92 Å². The van der Waals surface area contributed by atoms with Crippen LogP contribution in [0.25, 0.3) is 5.69 Å². The number of anilines is 1. The highest BCUT2D eigenvalue weighted by Crippen LogP contribution is 2.44. The number of methoxy groups -OCH3 is 1. The second-order valence-electron chi connectivity index (χ2n) is 8.61. The van der Waals surface area contributed by atoms with Gasteiger partial charge in [0.05, 0.1) is 41.6 Å². The first kappa shape index (κ1) is 23.5. The van der Waals surface area contributed by atoms with Crippen molar-refractivity contribution in [3.63, 3.8) is 0 Å². The second kappa shape index (κ2) is 9.43. The van der Waals surface area contributed by atoms with Gasteiger partial charge in [0, 0.05) is 29.3 Å². The fourth-order valence-corrected chi connectivity index (χ4v) is 5.31. The SMILES string of the molecule is COc1cc([N+](=O)[O-])ccc1-n1c(C)cc([C@H]2[C@H](c3ccccn3)NC(=S)N2c2ccccc2)c1C. The van der Waals surface area contributed by atoms with Crippen molar-refractivity contribution in [1.29, 1.82) is 0 Å². The monoisotopic (exact) mass is 499 g/mol. The molecule has 1 aliphatic rings. The molecule has 3 heterocycles. The number of non-ortho nitro benzene ring substituents is 1. The van der Waals surface area contributed by atoms with Crippen molar-refractivity contribution in [2.24, 2.45) is 0 Å². The molecule has 0 radical (unpaired) electrons. The van der Waals surface area contributed by atoms with Crippen molar-refractivity contribution < 1.29 is 9.66 Å². The highest BCUT2D eigenvalue weighted by molar-refractivity contribution is 7.80. The van der Waals surface area contributed by atoms with E-state index in [0.29, 0.717) is 10.9 Å². The molecule has 2 atom stereocenters. The summed E-state index contributed by atoms with van der Waals surface area (Å²) in [5, 5.41) is 15.4. The van der Waals surface area contributed by atoms with E-state index in [1.54, 1.807) is 12.3 Å². The van der Waals surface area contributed by atoms with Crippen molar-refractivity contribution in [3.8, 4) is 11.4 Å². The molecule has 9 heteroatoms. The minimum Gasteiger partial charge on any atom is -0.494 e. The first-order chi connectivity index (χ1) is 17.4. The Kier molecular flexibility index (Phi) is 6.15. The Morgan fingerprint density at radius 3 is 2.47 bits per heavy atom. The number of ether oxygens (including phenoxy) is 1. The zero-order valence-electron chi connectivity index (χ0n) is 20.1. The van der Waals surface area contributed by atoms with Gasteiger partial charge in [0.15, 0.2) is 5.11 Å². The van der Waals surface area contributed by atoms with Gasteiger partial charge in [-0.15, -0.1) is 0 Å². The number of hydrogen-bond acceptors (Lipinski definition) is 5. The predicted octanol–water partition coefficient (Wildman–Crippen LogP) is 5.58. The van der Waals surface area contributed by atoms with Gasteiger partial charge in [0.2, 0.25) is 0 Å². The van der Waals surface area contributed by atoms with Crippen molar-refractivity contribution in [2.45, 2.75) is 25.9 Å². The fourth-order valence-electron chi connectivity index (χ4n) is 4.96. The molecular formula is C27H25N5O3S. The number of para-hydroxylation sites is 1. The maximum atomic E-state index is 11.3. The molecule has 1 fully saturated rings. The zero-order chi connectivity index (χ0) is 25.4. The Labute approximate surface area is 214 Å². The number of nitrogens with one attached hydrogen (secondary N) is 1. The van der Waals surface area contributed by atoms with Crippen LogP contribution in [-0.4, -0.2) is 26.7 Å². The Bertz CT molecular complexity index is 1440. The first-order valence-corrected chi connectivity index (χ1v) is 11.9. The molecular weight excluding hydrogens is 474 g/mol. The Morgan fingerprint density at radius 2 is 1.81 bits per heavy atom. The number of nitrogens with zero attached hydrogens (tertiary/aromatic N) is 4. The summed E-state index contributed by atoms with van der Waals surface area (Å²) in [7, 11) is 1.52. The summed E-state index contributed by atoms with van der Waals surface area (Å²) in [6.45, 7) is 4.06. The molecule has 4 aromatic rings. The molecule has 2 aromatic carbocycles. The number of rotatable bonds is 6. The number of nitro benzene ring substituents is 1. The lowest BCUT2D eigenvalue weighted by atomic mass is 9.96. The number of aromatic nitrogens is 2. The molecule has 5 rings (SSSR count). The van der Waals surface area contributed by atoms with Crippen LogP contribution < -0.4 is 15.0 Å². The van der Waals surface area contributed by atoms with Crippen LogP contribution in [0.4, 0.5) is 11.4 Å². The first-order valence-electron chi connectivity index (χ1n) is 11.5. The summed E-state index contributed by atoms with van der Waals surface area (Å²) in [6, 6.07) is 22.4. The number of thiocarbonyl (C=S) groups is 1. The van der Waals surface area contributed by atoms with Crippen molar-refractivity contribution in [3.05, 3.63) is 112 Å². The lowest BCUT2D eigenvalue weighted by Crippen LogP contribution is -2.29. The van der Waals surface area contributed by atoms with Crippen LogP contribution in [0.5, 0.6) is 5.75 Å². The quantitative estimate of drug-likeness (QED) is 0.210. The van der Waals surface area contributed by atoms with E-state index >= 15 is 0 Å². The van der Waals surface area contributed by atoms with E-state index in [1.165, 1.54) is 19.2 Å². The lowest BCUT2D eigenvalue weighted by Gasteiger charge is -2.28. The molecule has 1 N–H and O–H groups in total. The largest absolute Gasteiger partial charge is 0.494 e. The van der Waals surface area contributed by atoms with E-state index in [1.807, 2.05) is 62.4 Å². The average Bonchev–Trinajstić information content (AvgIpc) is 3.39. The van der Waals surface area contributed by atoms with Crippen LogP contribution in [0.1, 0.15) is 34.7 Å². The van der Waals surface area contributed by atoms with Crippen LogP contribution >= 0.6 is 12.2 Å². The molecule has 36 heavy (non-hydrogen) atoms. The molecule has 2 aromatic heterocycles. The number of aryl methyl sites for hydroxylation is 1. The van der Waals surface area contributed by atoms with E-state index in [9.17, 15) is 10.1 Å². The summed E-state index contributed by atoms with van der Waals surface area (Å²) in [4.78, 5) is 17.7. The topological polar surface area (TPSA) is 85.5 Å². The van der Waals surface area contributed by atoms with Gasteiger partial charge in [-0.3, -0.25) is 15.1 Å². The third-order valence-electron chi connectivity index (χ3n) is 6.54. The Balaban J connectivity index is 1.68. The lowest BCUT2D eigenvalue weighted by molar-refractivity contribution is -0.384. The van der Waals surface area contributed by atoms with Gasteiger partial charge in [0.1, 0.15) is 5.75 Å². The van der Waals surface area contributed by atoms with Gasteiger partial charge in [0.25, 0.3) is 5.69 Å². The average molecular weight is 500 g/mol.